The minimum atomic E-state index is -3.77. The molecule has 1 heterocycles. The van der Waals surface area contributed by atoms with Crippen molar-refractivity contribution in [1.29, 1.82) is 0 Å². The lowest BCUT2D eigenvalue weighted by molar-refractivity contribution is -0.384. The van der Waals surface area contributed by atoms with Crippen molar-refractivity contribution in [2.75, 3.05) is 12.3 Å². The minimum Gasteiger partial charge on any atom is -0.258 e. The van der Waals surface area contributed by atoms with Crippen LogP contribution in [-0.2, 0) is 20.9 Å². The van der Waals surface area contributed by atoms with Crippen LogP contribution in [0, 0.1) is 10.1 Å². The van der Waals surface area contributed by atoms with Gasteiger partial charge in [-0.2, -0.15) is 0 Å². The van der Waals surface area contributed by atoms with Crippen LogP contribution >= 0.6 is 0 Å². The Morgan fingerprint density at radius 3 is 2.33 bits per heavy atom. The first-order valence-corrected chi connectivity index (χ1v) is 10.9. The lowest BCUT2D eigenvalue weighted by Crippen LogP contribution is -2.38. The number of para-hydroxylation sites is 1. The first-order chi connectivity index (χ1) is 12.8. The van der Waals surface area contributed by atoms with Gasteiger partial charge in [0.05, 0.1) is 9.82 Å². The molecule has 0 fully saturated rings. The molecule has 0 saturated heterocycles. The van der Waals surface area contributed by atoms with Crippen molar-refractivity contribution in [2.45, 2.75) is 18.7 Å². The number of hydrogen-bond acceptors (Lipinski definition) is 5. The molecular weight excluding hydrogens is 386 g/mol. The number of benzene rings is 2. The van der Waals surface area contributed by atoms with E-state index in [0.717, 1.165) is 11.1 Å². The number of nitro groups is 1. The predicted octanol–water partition coefficient (Wildman–Crippen LogP) is 3.98. The van der Waals surface area contributed by atoms with Crippen LogP contribution in [0.5, 0.6) is 0 Å². The quantitative estimate of drug-likeness (QED) is 0.437. The van der Waals surface area contributed by atoms with Gasteiger partial charge in [0.2, 0.25) is 0 Å². The summed E-state index contributed by atoms with van der Waals surface area (Å²) in [5.41, 5.74) is 2.08. The van der Waals surface area contributed by atoms with Crippen LogP contribution in [0.15, 0.2) is 75.0 Å². The van der Waals surface area contributed by atoms with Crippen molar-refractivity contribution in [3.63, 3.8) is 0 Å². The maximum atomic E-state index is 13.2. The first kappa shape index (κ1) is 19.4. The second-order valence-electron chi connectivity index (χ2n) is 6.16. The Morgan fingerprint density at radius 2 is 1.67 bits per heavy atom. The number of sulfonamides is 1. The van der Waals surface area contributed by atoms with Crippen LogP contribution in [0.2, 0.25) is 0 Å². The van der Waals surface area contributed by atoms with Crippen LogP contribution < -0.4 is 0 Å². The van der Waals surface area contributed by atoms with Gasteiger partial charge < -0.3 is 0 Å². The van der Waals surface area contributed by atoms with Gasteiger partial charge in [-0.05, 0) is 42.9 Å². The highest BCUT2D eigenvalue weighted by Gasteiger charge is 2.32. The van der Waals surface area contributed by atoms with Gasteiger partial charge >= 0.3 is 0 Å². The summed E-state index contributed by atoms with van der Waals surface area (Å²) in [6.45, 7) is 4.06. The smallest absolute Gasteiger partial charge is 0.258 e. The Hall–Kier alpha value is -2.36. The average Bonchev–Trinajstić information content (AvgIpc) is 2.65. The minimum absolute atomic E-state index is 0.133. The van der Waals surface area contributed by atoms with Crippen LogP contribution in [0.1, 0.15) is 13.8 Å². The van der Waals surface area contributed by atoms with Crippen LogP contribution in [-0.4, -0.2) is 29.3 Å². The highest BCUT2D eigenvalue weighted by atomic mass is 32.3. The largest absolute Gasteiger partial charge is 0.295 e. The lowest BCUT2D eigenvalue weighted by Gasteiger charge is -2.30. The van der Waals surface area contributed by atoms with E-state index < -0.39 is 25.8 Å². The second kappa shape index (κ2) is 7.71. The van der Waals surface area contributed by atoms with E-state index in [4.69, 9.17) is 0 Å². The molecule has 2 aromatic carbocycles. The molecule has 0 bridgehead atoms. The van der Waals surface area contributed by atoms with Gasteiger partial charge in [-0.15, -0.1) is 3.71 Å². The van der Waals surface area contributed by atoms with Gasteiger partial charge in [0.25, 0.3) is 15.7 Å². The third-order valence-electron chi connectivity index (χ3n) is 4.27. The molecule has 1 aliphatic heterocycles. The van der Waals surface area contributed by atoms with Crippen molar-refractivity contribution in [3.8, 4) is 0 Å². The summed E-state index contributed by atoms with van der Waals surface area (Å²) in [6.07, 6.45) is 0. The highest BCUT2D eigenvalue weighted by molar-refractivity contribution is 8.02. The van der Waals surface area contributed by atoms with E-state index in [9.17, 15) is 18.5 Å². The topological polar surface area (TPSA) is 92.9 Å². The Morgan fingerprint density at radius 1 is 1.04 bits per heavy atom. The van der Waals surface area contributed by atoms with Crippen LogP contribution in [0.3, 0.4) is 0 Å². The van der Waals surface area contributed by atoms with Gasteiger partial charge in [0, 0.05) is 18.4 Å². The van der Waals surface area contributed by atoms with Gasteiger partial charge in [-0.3, -0.25) is 10.1 Å². The summed E-state index contributed by atoms with van der Waals surface area (Å²) in [5, 5.41) is 11.3. The Bertz CT molecular complexity index is 1050. The van der Waals surface area contributed by atoms with Gasteiger partial charge in [-0.25, -0.2) is 12.8 Å². The van der Waals surface area contributed by atoms with Crippen LogP contribution in [0.25, 0.3) is 0 Å². The molecule has 3 rings (SSSR count). The summed E-state index contributed by atoms with van der Waals surface area (Å²) < 4.78 is 32.2. The molecular formula is C18H19N3O4S2. The molecule has 0 amide bonds. The maximum Gasteiger partial charge on any atom is 0.295 e. The number of nitro benzene ring substituents is 1. The summed E-state index contributed by atoms with van der Waals surface area (Å²) in [6, 6.07) is 14.3. The molecule has 1 aliphatic rings. The third-order valence-corrected chi connectivity index (χ3v) is 8.60. The van der Waals surface area contributed by atoms with E-state index in [1.165, 1.54) is 9.78 Å². The molecule has 0 aromatic heterocycles. The molecule has 0 aliphatic carbocycles. The molecule has 0 radical (unpaired) electrons. The average molecular weight is 406 g/mol. The zero-order chi connectivity index (χ0) is 19.6. The van der Waals surface area contributed by atoms with Crippen molar-refractivity contribution < 1.29 is 13.3 Å². The molecule has 0 saturated carbocycles. The molecule has 142 valence electrons. The highest BCUT2D eigenvalue weighted by Crippen LogP contribution is 2.32. The van der Waals surface area contributed by atoms with E-state index >= 15 is 0 Å². The molecule has 0 spiro atoms. The Labute approximate surface area is 160 Å². The number of rotatable bonds is 4. The zero-order valence-electron chi connectivity index (χ0n) is 14.9. The van der Waals surface area contributed by atoms with Crippen molar-refractivity contribution in [1.82, 2.24) is 3.71 Å². The lowest BCUT2D eigenvalue weighted by atomic mass is 10.2. The van der Waals surface area contributed by atoms with E-state index in [1.54, 1.807) is 48.5 Å². The number of nitrogens with zero attached hydrogens (tertiary/aromatic N) is 3. The van der Waals surface area contributed by atoms with Crippen molar-refractivity contribution in [2.24, 2.45) is 4.36 Å². The summed E-state index contributed by atoms with van der Waals surface area (Å²) in [4.78, 5) is 11.0. The molecule has 7 nitrogen and oxygen atoms in total. The maximum absolute atomic E-state index is 13.2. The van der Waals surface area contributed by atoms with E-state index in [1.807, 2.05) is 13.8 Å². The van der Waals surface area contributed by atoms with Gasteiger partial charge in [0.15, 0.2) is 0 Å². The molecule has 0 unspecified atom stereocenters. The van der Waals surface area contributed by atoms with Gasteiger partial charge in [0.1, 0.15) is 5.69 Å². The summed E-state index contributed by atoms with van der Waals surface area (Å²) in [5.74, 6) is 0.421. The fraction of sp³-hybridized carbons (Fsp3) is 0.222. The predicted molar refractivity (Wildman–Crippen MR) is 106 cm³/mol. The van der Waals surface area contributed by atoms with Crippen LogP contribution in [0.4, 0.5) is 11.4 Å². The van der Waals surface area contributed by atoms with Gasteiger partial charge in [-0.1, -0.05) is 41.5 Å². The second-order valence-corrected chi connectivity index (χ2v) is 9.85. The Kier molecular flexibility index (Phi) is 5.54. The van der Waals surface area contributed by atoms with Crippen molar-refractivity contribution >= 4 is 32.3 Å². The summed E-state index contributed by atoms with van der Waals surface area (Å²) >= 11 is 0. The molecule has 2 aromatic rings. The van der Waals surface area contributed by atoms with E-state index in [-0.39, 0.29) is 22.8 Å². The summed E-state index contributed by atoms with van der Waals surface area (Å²) in [7, 11) is -4.85. The zero-order valence-corrected chi connectivity index (χ0v) is 16.5. The van der Waals surface area contributed by atoms with E-state index in [0.29, 0.717) is 5.75 Å². The van der Waals surface area contributed by atoms with Crippen molar-refractivity contribution in [3.05, 3.63) is 75.9 Å². The fourth-order valence-electron chi connectivity index (χ4n) is 2.59. The standard InChI is InChI=1S/C18H19N3O4S2/c1-14-12-20(27(24,25)16-8-4-3-5-9-16)26(13-15(14)2)19-17-10-6-7-11-18(17)21(22)23/h3-11H,12-13H2,1-2H3/t26-/m0/s1. The molecule has 1 atom stereocenters. The molecule has 27 heavy (non-hydrogen) atoms. The number of hydrogen-bond donors (Lipinski definition) is 0. The van der Waals surface area contributed by atoms with E-state index in [2.05, 4.69) is 4.36 Å². The monoisotopic (exact) mass is 405 g/mol. The molecule has 9 heteroatoms. The molecule has 0 N–H and O–H groups in total. The third kappa shape index (κ3) is 4.00. The normalized spacial score (nSPS) is 18.7. The first-order valence-electron chi connectivity index (χ1n) is 8.20. The fourth-order valence-corrected chi connectivity index (χ4v) is 6.77. The SMILES string of the molecule is CC1=C(C)C[S@@](=Nc2ccccc2[N+](=O)[O-])N(S(=O)(=O)c2ccccc2)C1. The Balaban J connectivity index is 2.14.